The minimum Gasteiger partial charge on any atom is -0.383 e. The van der Waals surface area contributed by atoms with Gasteiger partial charge in [0.1, 0.15) is 5.60 Å². The molecule has 0 heterocycles. The van der Waals surface area contributed by atoms with E-state index >= 15 is 0 Å². The van der Waals surface area contributed by atoms with Gasteiger partial charge in [-0.1, -0.05) is 52.0 Å². The zero-order chi connectivity index (χ0) is 22.9. The molecule has 0 saturated heterocycles. The van der Waals surface area contributed by atoms with Crippen LogP contribution in [0.2, 0.25) is 0 Å². The van der Waals surface area contributed by atoms with E-state index in [1.165, 1.54) is 19.4 Å². The minimum atomic E-state index is -1.35. The maximum atomic E-state index is 12.5. The number of hydrogen-bond acceptors (Lipinski definition) is 4. The van der Waals surface area contributed by atoms with Crippen LogP contribution in [0.1, 0.15) is 84.8 Å². The Balaban J connectivity index is 2.44. The Bertz CT molecular complexity index is 660. The van der Waals surface area contributed by atoms with Crippen molar-refractivity contribution in [2.24, 2.45) is 5.92 Å². The van der Waals surface area contributed by atoms with Crippen molar-refractivity contribution in [3.8, 4) is 0 Å². The van der Waals surface area contributed by atoms with Crippen molar-refractivity contribution >= 4 is 11.7 Å². The summed E-state index contributed by atoms with van der Waals surface area (Å²) in [5, 5.41) is 16.3. The van der Waals surface area contributed by atoms with Gasteiger partial charge in [-0.15, -0.1) is 0 Å². The molecule has 2 unspecified atom stereocenters. The van der Waals surface area contributed by atoms with Crippen LogP contribution in [0.15, 0.2) is 24.3 Å². The molecule has 2 atom stereocenters. The molecule has 0 aliphatic carbocycles. The molecular weight excluding hydrogens is 376 g/mol. The lowest BCUT2D eigenvalue weighted by atomic mass is 9.93. The lowest BCUT2D eigenvalue weighted by molar-refractivity contribution is -0.136. The van der Waals surface area contributed by atoms with E-state index in [0.29, 0.717) is 18.9 Å². The van der Waals surface area contributed by atoms with Crippen molar-refractivity contribution in [2.45, 2.75) is 97.8 Å². The number of Topliss-reactive ketones (excluding diaryl/α,β-unsaturated/α-hetero) is 1. The van der Waals surface area contributed by atoms with E-state index in [1.807, 2.05) is 32.9 Å². The largest absolute Gasteiger partial charge is 0.383 e. The fraction of sp³-hybridized carbons (Fsp3) is 0.680. The standard InChI is InChI=1S/C25H42N2O3/c1-17(2)16-20-11-13-21(14-12-20)19(5)24(29)26-15-9-8-10-22(27-18(3)4)23(28)25(6,7)30/h11-14,17-19,22,27,30H,8-10,15-16H2,1-7H3,(H,26,29). The van der Waals surface area contributed by atoms with Gasteiger partial charge < -0.3 is 15.7 Å². The van der Waals surface area contributed by atoms with Crippen LogP contribution < -0.4 is 10.6 Å². The van der Waals surface area contributed by atoms with Crippen molar-refractivity contribution in [3.05, 3.63) is 35.4 Å². The van der Waals surface area contributed by atoms with Crippen LogP contribution in [0.25, 0.3) is 0 Å². The molecule has 170 valence electrons. The number of ketones is 1. The van der Waals surface area contributed by atoms with Crippen LogP contribution in [-0.2, 0) is 16.0 Å². The van der Waals surface area contributed by atoms with Crippen LogP contribution >= 0.6 is 0 Å². The lowest BCUT2D eigenvalue weighted by Gasteiger charge is -2.26. The Labute approximate surface area is 183 Å². The van der Waals surface area contributed by atoms with Crippen LogP contribution in [0.4, 0.5) is 0 Å². The van der Waals surface area contributed by atoms with Gasteiger partial charge in [-0.05, 0) is 63.5 Å². The Hall–Kier alpha value is -1.72. The zero-order valence-corrected chi connectivity index (χ0v) is 19.9. The molecule has 0 saturated carbocycles. The summed E-state index contributed by atoms with van der Waals surface area (Å²) in [5.41, 5.74) is 0.976. The van der Waals surface area contributed by atoms with Gasteiger partial charge >= 0.3 is 0 Å². The Morgan fingerprint density at radius 2 is 1.60 bits per heavy atom. The third-order valence-electron chi connectivity index (χ3n) is 5.19. The second-order valence-electron chi connectivity index (χ2n) is 9.65. The first kappa shape index (κ1) is 26.3. The summed E-state index contributed by atoms with van der Waals surface area (Å²) in [6, 6.07) is 8.11. The lowest BCUT2D eigenvalue weighted by Crippen LogP contribution is -2.49. The van der Waals surface area contributed by atoms with Crippen LogP contribution in [0.3, 0.4) is 0 Å². The molecule has 0 bridgehead atoms. The van der Waals surface area contributed by atoms with E-state index in [9.17, 15) is 14.7 Å². The molecule has 1 aromatic carbocycles. The molecule has 0 radical (unpaired) electrons. The summed E-state index contributed by atoms with van der Waals surface area (Å²) in [4.78, 5) is 24.9. The fourth-order valence-electron chi connectivity index (χ4n) is 3.52. The Kier molecular flexibility index (Phi) is 10.7. The molecule has 3 N–H and O–H groups in total. The van der Waals surface area contributed by atoms with E-state index < -0.39 is 5.60 Å². The second kappa shape index (κ2) is 12.2. The number of nitrogens with one attached hydrogen (secondary N) is 2. The van der Waals surface area contributed by atoms with Crippen molar-refractivity contribution in [3.63, 3.8) is 0 Å². The van der Waals surface area contributed by atoms with Gasteiger partial charge in [0.05, 0.1) is 12.0 Å². The zero-order valence-electron chi connectivity index (χ0n) is 19.9. The quantitative estimate of drug-likeness (QED) is 0.423. The number of benzene rings is 1. The minimum absolute atomic E-state index is 0.0241. The molecule has 0 aromatic heterocycles. The number of rotatable bonds is 13. The summed E-state index contributed by atoms with van der Waals surface area (Å²) >= 11 is 0. The van der Waals surface area contributed by atoms with E-state index in [2.05, 4.69) is 36.6 Å². The monoisotopic (exact) mass is 418 g/mol. The number of amides is 1. The van der Waals surface area contributed by atoms with Gasteiger partial charge in [-0.2, -0.15) is 0 Å². The highest BCUT2D eigenvalue weighted by atomic mass is 16.3. The summed E-state index contributed by atoms with van der Waals surface area (Å²) in [5.74, 6) is 0.265. The first-order valence-electron chi connectivity index (χ1n) is 11.3. The highest BCUT2D eigenvalue weighted by molar-refractivity contribution is 5.91. The van der Waals surface area contributed by atoms with E-state index in [-0.39, 0.29) is 29.7 Å². The normalized spacial score (nSPS) is 14.1. The molecule has 1 amide bonds. The number of aliphatic hydroxyl groups is 1. The molecule has 30 heavy (non-hydrogen) atoms. The van der Waals surface area contributed by atoms with E-state index in [0.717, 1.165) is 24.8 Å². The third-order valence-corrected chi connectivity index (χ3v) is 5.19. The van der Waals surface area contributed by atoms with Crippen LogP contribution in [0, 0.1) is 5.92 Å². The summed E-state index contributed by atoms with van der Waals surface area (Å²) in [6.07, 6.45) is 3.28. The van der Waals surface area contributed by atoms with Gasteiger partial charge in [0.2, 0.25) is 5.91 Å². The summed E-state index contributed by atoms with van der Waals surface area (Å²) < 4.78 is 0. The first-order valence-corrected chi connectivity index (χ1v) is 11.3. The highest BCUT2D eigenvalue weighted by Crippen LogP contribution is 2.18. The molecule has 0 spiro atoms. The summed E-state index contributed by atoms with van der Waals surface area (Å²) in [6.45, 7) is 13.9. The van der Waals surface area contributed by atoms with Crippen molar-refractivity contribution in [2.75, 3.05) is 6.54 Å². The maximum absolute atomic E-state index is 12.5. The predicted molar refractivity (Wildman–Crippen MR) is 124 cm³/mol. The van der Waals surface area contributed by atoms with E-state index in [1.54, 1.807) is 0 Å². The highest BCUT2D eigenvalue weighted by Gasteiger charge is 2.31. The number of carbonyl (C=O) groups excluding carboxylic acids is 2. The number of carbonyl (C=O) groups is 2. The molecule has 5 heteroatoms. The topological polar surface area (TPSA) is 78.4 Å². The smallest absolute Gasteiger partial charge is 0.227 e. The van der Waals surface area contributed by atoms with E-state index in [4.69, 9.17) is 0 Å². The van der Waals surface area contributed by atoms with Crippen LogP contribution in [-0.4, -0.2) is 41.0 Å². The number of hydrogen-bond donors (Lipinski definition) is 3. The average molecular weight is 419 g/mol. The number of unbranched alkanes of at least 4 members (excludes halogenated alkanes) is 1. The molecule has 0 fully saturated rings. The van der Waals surface area contributed by atoms with Crippen molar-refractivity contribution < 1.29 is 14.7 Å². The fourth-order valence-corrected chi connectivity index (χ4v) is 3.52. The average Bonchev–Trinajstić information content (AvgIpc) is 2.64. The summed E-state index contributed by atoms with van der Waals surface area (Å²) in [7, 11) is 0. The van der Waals surface area contributed by atoms with Gasteiger partial charge in [0.15, 0.2) is 5.78 Å². The van der Waals surface area contributed by atoms with Crippen molar-refractivity contribution in [1.82, 2.24) is 10.6 Å². The predicted octanol–water partition coefficient (Wildman–Crippen LogP) is 3.98. The Morgan fingerprint density at radius 1 is 1.00 bits per heavy atom. The SMILES string of the molecule is CC(C)Cc1ccc(C(C)C(=O)NCCCCC(NC(C)C)C(=O)C(C)(C)O)cc1. The molecular formula is C25H42N2O3. The van der Waals surface area contributed by atoms with Gasteiger partial charge in [0, 0.05) is 12.6 Å². The van der Waals surface area contributed by atoms with Gasteiger partial charge in [0.25, 0.3) is 0 Å². The first-order chi connectivity index (χ1) is 13.9. The molecule has 1 aromatic rings. The molecule has 0 aliphatic heterocycles. The van der Waals surface area contributed by atoms with Crippen molar-refractivity contribution in [1.29, 1.82) is 0 Å². The molecule has 0 aliphatic rings. The van der Waals surface area contributed by atoms with Crippen LogP contribution in [0.5, 0.6) is 0 Å². The second-order valence-corrected chi connectivity index (χ2v) is 9.65. The van der Waals surface area contributed by atoms with Gasteiger partial charge in [-0.3, -0.25) is 9.59 Å². The molecule has 1 rings (SSSR count). The third kappa shape index (κ3) is 9.40. The molecule has 5 nitrogen and oxygen atoms in total. The Morgan fingerprint density at radius 3 is 2.10 bits per heavy atom. The van der Waals surface area contributed by atoms with Gasteiger partial charge in [-0.25, -0.2) is 0 Å². The maximum Gasteiger partial charge on any atom is 0.227 e.